The fourth-order valence-electron chi connectivity index (χ4n) is 2.33. The predicted molar refractivity (Wildman–Crippen MR) is 69.8 cm³/mol. The van der Waals surface area contributed by atoms with E-state index in [-0.39, 0.29) is 11.6 Å². The van der Waals surface area contributed by atoms with Crippen LogP contribution in [0.1, 0.15) is 20.3 Å². The maximum Gasteiger partial charge on any atom is 0.146 e. The molecule has 0 saturated carbocycles. The first kappa shape index (κ1) is 13.3. The molecule has 1 aromatic carbocycles. The monoisotopic (exact) mass is 254 g/mol. The molecule has 100 valence electrons. The highest BCUT2D eigenvalue weighted by Crippen LogP contribution is 2.23. The summed E-state index contributed by atoms with van der Waals surface area (Å²) in [6.07, 6.45) is 0.933. The molecule has 18 heavy (non-hydrogen) atoms. The van der Waals surface area contributed by atoms with Gasteiger partial charge in [-0.15, -0.1) is 0 Å². The Morgan fingerprint density at radius 2 is 2.06 bits per heavy atom. The number of nitrogens with zero attached hydrogens (tertiary/aromatic N) is 1. The lowest BCUT2D eigenvalue weighted by molar-refractivity contribution is 0.408. The number of benzene rings is 1. The molecule has 0 aliphatic carbocycles. The van der Waals surface area contributed by atoms with Crippen LogP contribution in [0.25, 0.3) is 0 Å². The summed E-state index contributed by atoms with van der Waals surface area (Å²) in [5, 5.41) is 3.44. The summed E-state index contributed by atoms with van der Waals surface area (Å²) in [6, 6.07) is 4.07. The van der Waals surface area contributed by atoms with E-state index < -0.39 is 0 Å². The highest BCUT2D eigenvalue weighted by atomic mass is 19.1. The minimum atomic E-state index is -0.382. The average molecular weight is 254 g/mol. The van der Waals surface area contributed by atoms with Crippen LogP contribution < -0.4 is 10.2 Å². The number of hydrogen-bond donors (Lipinski definition) is 1. The van der Waals surface area contributed by atoms with Gasteiger partial charge in [-0.05, 0) is 37.9 Å². The molecule has 1 N–H and O–H groups in total. The maximum absolute atomic E-state index is 13.8. The van der Waals surface area contributed by atoms with Gasteiger partial charge in [-0.2, -0.15) is 0 Å². The van der Waals surface area contributed by atoms with E-state index in [1.807, 2.05) is 4.90 Å². The Labute approximate surface area is 107 Å². The van der Waals surface area contributed by atoms with Crippen molar-refractivity contribution in [2.45, 2.75) is 26.3 Å². The van der Waals surface area contributed by atoms with Crippen molar-refractivity contribution < 1.29 is 8.78 Å². The molecule has 2 atom stereocenters. The average Bonchev–Trinajstić information content (AvgIpc) is 2.33. The van der Waals surface area contributed by atoms with Gasteiger partial charge in [0.25, 0.3) is 0 Å². The topological polar surface area (TPSA) is 15.3 Å². The van der Waals surface area contributed by atoms with Gasteiger partial charge >= 0.3 is 0 Å². The van der Waals surface area contributed by atoms with Gasteiger partial charge in [-0.25, -0.2) is 8.78 Å². The fraction of sp³-hybridized carbons (Fsp3) is 0.571. The first-order valence-electron chi connectivity index (χ1n) is 6.49. The lowest BCUT2D eigenvalue weighted by Crippen LogP contribution is -2.42. The van der Waals surface area contributed by atoms with E-state index >= 15 is 0 Å². The van der Waals surface area contributed by atoms with Gasteiger partial charge in [0, 0.05) is 25.2 Å². The Balaban J connectivity index is 2.21. The van der Waals surface area contributed by atoms with Crippen LogP contribution in [0.15, 0.2) is 18.2 Å². The van der Waals surface area contributed by atoms with Crippen LogP contribution in [0.5, 0.6) is 0 Å². The lowest BCUT2D eigenvalue weighted by Gasteiger charge is -2.33. The maximum atomic E-state index is 13.8. The molecule has 0 aromatic heterocycles. The number of rotatable bonds is 1. The van der Waals surface area contributed by atoms with Gasteiger partial charge in [0.05, 0.1) is 5.69 Å². The van der Waals surface area contributed by atoms with Crippen LogP contribution in [0.2, 0.25) is 0 Å². The standard InChI is InChI=1S/C14H20F2N2/c1-10-8-17-11(2)5-6-18(9-10)14-7-12(15)3-4-13(14)16/h3-4,7,10-11,17H,5-6,8-9H2,1-2H3. The zero-order valence-electron chi connectivity index (χ0n) is 10.9. The van der Waals surface area contributed by atoms with Gasteiger partial charge in [0.2, 0.25) is 0 Å². The zero-order valence-corrected chi connectivity index (χ0v) is 10.9. The van der Waals surface area contributed by atoms with Crippen LogP contribution in [0.4, 0.5) is 14.5 Å². The Morgan fingerprint density at radius 1 is 1.28 bits per heavy atom. The zero-order chi connectivity index (χ0) is 13.1. The molecule has 0 amide bonds. The van der Waals surface area contributed by atoms with E-state index in [1.54, 1.807) is 0 Å². The van der Waals surface area contributed by atoms with Crippen molar-refractivity contribution in [1.82, 2.24) is 5.32 Å². The van der Waals surface area contributed by atoms with Crippen LogP contribution in [-0.4, -0.2) is 25.7 Å². The molecule has 1 aliphatic heterocycles. The number of anilines is 1. The second-order valence-corrected chi connectivity index (χ2v) is 5.24. The summed E-state index contributed by atoms with van der Waals surface area (Å²) in [7, 11) is 0. The SMILES string of the molecule is CC1CNC(C)CCN(c2cc(F)ccc2F)C1. The molecular formula is C14H20F2N2. The van der Waals surface area contributed by atoms with E-state index in [0.717, 1.165) is 32.1 Å². The molecule has 1 saturated heterocycles. The van der Waals surface area contributed by atoms with Crippen molar-refractivity contribution in [3.8, 4) is 0 Å². The van der Waals surface area contributed by atoms with E-state index in [9.17, 15) is 8.78 Å². The molecule has 0 radical (unpaired) electrons. The van der Waals surface area contributed by atoms with E-state index in [4.69, 9.17) is 0 Å². The molecular weight excluding hydrogens is 234 g/mol. The predicted octanol–water partition coefficient (Wildman–Crippen LogP) is 2.79. The highest BCUT2D eigenvalue weighted by Gasteiger charge is 2.19. The summed E-state index contributed by atoms with van der Waals surface area (Å²) < 4.78 is 27.0. The van der Waals surface area contributed by atoms with Crippen molar-refractivity contribution in [1.29, 1.82) is 0 Å². The summed E-state index contributed by atoms with van der Waals surface area (Å²) in [4.78, 5) is 1.96. The minimum Gasteiger partial charge on any atom is -0.369 e. The Bertz CT molecular complexity index is 409. The number of nitrogens with one attached hydrogen (secondary N) is 1. The summed E-state index contributed by atoms with van der Waals surface area (Å²) in [5.41, 5.74) is 0.385. The first-order valence-corrected chi connectivity index (χ1v) is 6.49. The highest BCUT2D eigenvalue weighted by molar-refractivity contribution is 5.48. The quantitative estimate of drug-likeness (QED) is 0.829. The third-order valence-corrected chi connectivity index (χ3v) is 3.43. The van der Waals surface area contributed by atoms with E-state index in [0.29, 0.717) is 17.6 Å². The Morgan fingerprint density at radius 3 is 2.83 bits per heavy atom. The third kappa shape index (κ3) is 3.19. The van der Waals surface area contributed by atoms with Crippen molar-refractivity contribution in [2.24, 2.45) is 5.92 Å². The second kappa shape index (κ2) is 5.65. The van der Waals surface area contributed by atoms with Gasteiger partial charge in [0.1, 0.15) is 11.6 Å². The van der Waals surface area contributed by atoms with Crippen molar-refractivity contribution in [2.75, 3.05) is 24.5 Å². The molecule has 0 bridgehead atoms. The number of halogens is 2. The van der Waals surface area contributed by atoms with Crippen molar-refractivity contribution in [3.63, 3.8) is 0 Å². The second-order valence-electron chi connectivity index (χ2n) is 5.24. The van der Waals surface area contributed by atoms with E-state index in [1.165, 1.54) is 12.1 Å². The van der Waals surface area contributed by atoms with Crippen LogP contribution in [0, 0.1) is 17.6 Å². The first-order chi connectivity index (χ1) is 8.56. The Hall–Kier alpha value is -1.16. The molecule has 1 aliphatic rings. The molecule has 1 fully saturated rings. The van der Waals surface area contributed by atoms with E-state index in [2.05, 4.69) is 19.2 Å². The molecule has 2 rings (SSSR count). The minimum absolute atomic E-state index is 0.343. The van der Waals surface area contributed by atoms with Crippen molar-refractivity contribution in [3.05, 3.63) is 29.8 Å². The lowest BCUT2D eigenvalue weighted by atomic mass is 10.1. The number of hydrogen-bond acceptors (Lipinski definition) is 2. The molecule has 4 heteroatoms. The normalized spacial score (nSPS) is 25.7. The summed E-state index contributed by atoms with van der Waals surface area (Å²) in [6.45, 7) is 6.65. The molecule has 1 heterocycles. The fourth-order valence-corrected chi connectivity index (χ4v) is 2.33. The molecule has 1 aromatic rings. The molecule has 0 spiro atoms. The summed E-state index contributed by atoms with van der Waals surface area (Å²) >= 11 is 0. The van der Waals surface area contributed by atoms with Crippen molar-refractivity contribution >= 4 is 5.69 Å². The third-order valence-electron chi connectivity index (χ3n) is 3.43. The van der Waals surface area contributed by atoms with Crippen LogP contribution >= 0.6 is 0 Å². The van der Waals surface area contributed by atoms with Gasteiger partial charge < -0.3 is 10.2 Å². The smallest absolute Gasteiger partial charge is 0.146 e. The van der Waals surface area contributed by atoms with Crippen LogP contribution in [0.3, 0.4) is 0 Å². The largest absolute Gasteiger partial charge is 0.369 e. The van der Waals surface area contributed by atoms with Gasteiger partial charge in [-0.3, -0.25) is 0 Å². The molecule has 2 unspecified atom stereocenters. The summed E-state index contributed by atoms with van der Waals surface area (Å²) in [5.74, 6) is -0.313. The van der Waals surface area contributed by atoms with Gasteiger partial charge in [-0.1, -0.05) is 6.92 Å². The molecule has 2 nitrogen and oxygen atoms in total. The Kier molecular flexibility index (Phi) is 4.17. The van der Waals surface area contributed by atoms with Crippen LogP contribution in [-0.2, 0) is 0 Å². The van der Waals surface area contributed by atoms with Gasteiger partial charge in [0.15, 0.2) is 0 Å².